The van der Waals surface area contributed by atoms with E-state index in [1.54, 1.807) is 59.8 Å². The van der Waals surface area contributed by atoms with E-state index in [0.717, 1.165) is 10.4 Å². The molecule has 0 radical (unpaired) electrons. The van der Waals surface area contributed by atoms with Gasteiger partial charge < -0.3 is 9.15 Å². The fourth-order valence-electron chi connectivity index (χ4n) is 3.70. The number of carbonyl (C=O) groups is 2. The van der Waals surface area contributed by atoms with Gasteiger partial charge in [0.1, 0.15) is 11.7 Å². The Kier molecular flexibility index (Phi) is 4.48. The lowest BCUT2D eigenvalue weighted by atomic mass is 10.0. The number of aromatic amines is 1. The monoisotopic (exact) mass is 419 g/mol. The lowest BCUT2D eigenvalue weighted by molar-refractivity contribution is 0.0526. The highest BCUT2D eigenvalue weighted by Gasteiger charge is 2.44. The maximum atomic E-state index is 13.3. The Balaban J connectivity index is 1.60. The van der Waals surface area contributed by atoms with Crippen molar-refractivity contribution >= 4 is 28.9 Å². The molecule has 8 heteroatoms. The first kappa shape index (κ1) is 18.4. The van der Waals surface area contributed by atoms with Crippen molar-refractivity contribution in [1.82, 2.24) is 10.2 Å². The smallest absolute Gasteiger partial charge is 0.338 e. The Morgan fingerprint density at radius 1 is 1.23 bits per heavy atom. The van der Waals surface area contributed by atoms with Gasteiger partial charge >= 0.3 is 5.97 Å². The highest BCUT2D eigenvalue weighted by atomic mass is 32.1. The van der Waals surface area contributed by atoms with E-state index in [2.05, 4.69) is 10.2 Å². The van der Waals surface area contributed by atoms with Crippen LogP contribution in [-0.2, 0) is 4.74 Å². The zero-order valence-corrected chi connectivity index (χ0v) is 16.8. The third-order valence-electron chi connectivity index (χ3n) is 4.99. The number of rotatable bonds is 5. The van der Waals surface area contributed by atoms with Gasteiger partial charge in [0.2, 0.25) is 0 Å². The number of esters is 1. The number of benzene rings is 1. The van der Waals surface area contributed by atoms with Gasteiger partial charge in [0.15, 0.2) is 11.5 Å². The molecule has 4 aromatic rings. The second-order valence-corrected chi connectivity index (χ2v) is 7.68. The molecular formula is C22H17N3O4S. The molecule has 0 fully saturated rings. The fourth-order valence-corrected chi connectivity index (χ4v) is 4.53. The van der Waals surface area contributed by atoms with Crippen LogP contribution in [0, 0.1) is 0 Å². The van der Waals surface area contributed by atoms with Crippen molar-refractivity contribution < 1.29 is 18.7 Å². The molecular weight excluding hydrogens is 402 g/mol. The Hall–Kier alpha value is -3.65. The number of thiophene rings is 1. The number of hydrogen-bond donors (Lipinski definition) is 1. The molecule has 1 aromatic carbocycles. The van der Waals surface area contributed by atoms with Gasteiger partial charge in [-0.15, -0.1) is 11.3 Å². The molecule has 0 spiro atoms. The summed E-state index contributed by atoms with van der Waals surface area (Å²) in [5.74, 6) is 0.0267. The number of nitrogens with one attached hydrogen (secondary N) is 1. The second kappa shape index (κ2) is 7.31. The van der Waals surface area contributed by atoms with Crippen LogP contribution < -0.4 is 4.90 Å². The van der Waals surface area contributed by atoms with E-state index >= 15 is 0 Å². The van der Waals surface area contributed by atoms with Gasteiger partial charge in [0.05, 0.1) is 18.4 Å². The minimum absolute atomic E-state index is 0.207. The second-order valence-electron chi connectivity index (χ2n) is 6.70. The minimum Gasteiger partial charge on any atom is -0.463 e. The van der Waals surface area contributed by atoms with Gasteiger partial charge in [0.25, 0.3) is 5.91 Å². The standard InChI is InChI=1S/C22H17N3O4S/c1-2-28-22(27)13-7-9-14(10-8-13)25-20(16-6-4-12-30-16)17-18(15-5-3-11-29-15)23-24-19(17)21(25)26/h3-12,20H,2H2,1H3,(H,23,24). The van der Waals surface area contributed by atoms with Crippen LogP contribution in [0.2, 0.25) is 0 Å². The van der Waals surface area contributed by atoms with Crippen LogP contribution in [-0.4, -0.2) is 28.7 Å². The molecule has 0 bridgehead atoms. The molecule has 1 amide bonds. The largest absolute Gasteiger partial charge is 0.463 e. The van der Waals surface area contributed by atoms with Crippen LogP contribution in [0.5, 0.6) is 0 Å². The number of nitrogens with zero attached hydrogens (tertiary/aromatic N) is 2. The van der Waals surface area contributed by atoms with Crippen LogP contribution in [0.15, 0.2) is 64.6 Å². The van der Waals surface area contributed by atoms with E-state index < -0.39 is 0 Å². The number of carbonyl (C=O) groups excluding carboxylic acids is 2. The average Bonchev–Trinajstić information content (AvgIpc) is 3.54. The summed E-state index contributed by atoms with van der Waals surface area (Å²) >= 11 is 1.57. The number of aromatic nitrogens is 2. The van der Waals surface area contributed by atoms with Gasteiger partial charge in [-0.1, -0.05) is 6.07 Å². The van der Waals surface area contributed by atoms with Crippen LogP contribution in [0.1, 0.15) is 44.3 Å². The molecule has 4 heterocycles. The van der Waals surface area contributed by atoms with Crippen LogP contribution in [0.25, 0.3) is 11.5 Å². The topological polar surface area (TPSA) is 88.4 Å². The third-order valence-corrected chi connectivity index (χ3v) is 5.92. The number of H-pyrrole nitrogens is 1. The van der Waals surface area contributed by atoms with E-state index in [-0.39, 0.29) is 17.9 Å². The molecule has 30 heavy (non-hydrogen) atoms. The molecule has 1 N–H and O–H groups in total. The minimum atomic E-state index is -0.389. The summed E-state index contributed by atoms with van der Waals surface area (Å²) in [5, 5.41) is 9.24. The Labute approximate surface area is 175 Å². The molecule has 1 unspecified atom stereocenters. The van der Waals surface area contributed by atoms with Crippen molar-refractivity contribution in [1.29, 1.82) is 0 Å². The maximum Gasteiger partial charge on any atom is 0.338 e. The van der Waals surface area contributed by atoms with E-state index in [1.807, 2.05) is 23.6 Å². The van der Waals surface area contributed by atoms with E-state index in [1.165, 1.54) is 0 Å². The number of anilines is 1. The lowest BCUT2D eigenvalue weighted by Gasteiger charge is -2.25. The van der Waals surface area contributed by atoms with Crippen molar-refractivity contribution in [3.05, 3.63) is 81.9 Å². The van der Waals surface area contributed by atoms with Gasteiger partial charge in [0, 0.05) is 16.1 Å². The molecule has 150 valence electrons. The van der Waals surface area contributed by atoms with Crippen molar-refractivity contribution in [2.75, 3.05) is 11.5 Å². The summed E-state index contributed by atoms with van der Waals surface area (Å²) in [6.45, 7) is 2.07. The Morgan fingerprint density at radius 3 is 2.73 bits per heavy atom. The first-order chi connectivity index (χ1) is 14.7. The zero-order valence-electron chi connectivity index (χ0n) is 16.0. The number of furan rings is 1. The first-order valence-electron chi connectivity index (χ1n) is 9.45. The average molecular weight is 419 g/mol. The van der Waals surface area contributed by atoms with Gasteiger partial charge in [-0.25, -0.2) is 4.79 Å². The Morgan fingerprint density at radius 2 is 2.07 bits per heavy atom. The van der Waals surface area contributed by atoms with Crippen LogP contribution in [0.3, 0.4) is 0 Å². The molecule has 0 aliphatic carbocycles. The fraction of sp³-hybridized carbons (Fsp3) is 0.136. The predicted molar refractivity (Wildman–Crippen MR) is 112 cm³/mol. The van der Waals surface area contributed by atoms with Gasteiger partial charge in [-0.2, -0.15) is 5.10 Å². The van der Waals surface area contributed by atoms with Crippen molar-refractivity contribution in [2.45, 2.75) is 13.0 Å². The third kappa shape index (κ3) is 2.84. The quantitative estimate of drug-likeness (QED) is 0.476. The van der Waals surface area contributed by atoms with E-state index in [9.17, 15) is 9.59 Å². The molecule has 3 aromatic heterocycles. The molecule has 1 aliphatic rings. The zero-order chi connectivity index (χ0) is 20.7. The normalized spacial score (nSPS) is 15.4. The predicted octanol–water partition coefficient (Wildman–Crippen LogP) is 4.66. The molecule has 0 saturated carbocycles. The summed E-state index contributed by atoms with van der Waals surface area (Å²) in [7, 11) is 0. The molecule has 0 saturated heterocycles. The number of ether oxygens (including phenoxy) is 1. The summed E-state index contributed by atoms with van der Waals surface area (Å²) < 4.78 is 10.6. The summed E-state index contributed by atoms with van der Waals surface area (Å²) in [6.07, 6.45) is 1.59. The van der Waals surface area contributed by atoms with Gasteiger partial charge in [-0.05, 0) is 54.8 Å². The van der Waals surface area contributed by atoms with Gasteiger partial charge in [-0.3, -0.25) is 14.8 Å². The SMILES string of the molecule is CCOC(=O)c1ccc(N2C(=O)c3n[nH]c(-c4ccco4)c3C2c2cccs2)cc1. The van der Waals surface area contributed by atoms with Crippen molar-refractivity contribution in [3.63, 3.8) is 0 Å². The summed E-state index contributed by atoms with van der Waals surface area (Å²) in [4.78, 5) is 28.0. The van der Waals surface area contributed by atoms with Crippen molar-refractivity contribution in [3.8, 4) is 11.5 Å². The molecule has 7 nitrogen and oxygen atoms in total. The summed E-state index contributed by atoms with van der Waals surface area (Å²) in [5.41, 5.74) is 2.96. The number of hydrogen-bond acceptors (Lipinski definition) is 6. The lowest BCUT2D eigenvalue weighted by Crippen LogP contribution is -2.28. The molecule has 5 rings (SSSR count). The molecule has 1 aliphatic heterocycles. The molecule has 1 atom stereocenters. The number of fused-ring (bicyclic) bond motifs is 1. The van der Waals surface area contributed by atoms with Crippen molar-refractivity contribution in [2.24, 2.45) is 0 Å². The summed E-state index contributed by atoms with van der Waals surface area (Å²) in [6, 6.07) is 14.1. The highest BCUT2D eigenvalue weighted by Crippen LogP contribution is 2.46. The van der Waals surface area contributed by atoms with E-state index in [0.29, 0.717) is 35.0 Å². The highest BCUT2D eigenvalue weighted by molar-refractivity contribution is 7.10. The Bertz CT molecular complexity index is 1190. The van der Waals surface area contributed by atoms with Crippen LogP contribution in [0.4, 0.5) is 5.69 Å². The van der Waals surface area contributed by atoms with E-state index in [4.69, 9.17) is 9.15 Å². The van der Waals surface area contributed by atoms with Crippen LogP contribution >= 0.6 is 11.3 Å². The first-order valence-corrected chi connectivity index (χ1v) is 10.3. The maximum absolute atomic E-state index is 13.3. The number of amides is 1.